The Bertz CT molecular complexity index is 326. The summed E-state index contributed by atoms with van der Waals surface area (Å²) < 4.78 is 36.1. The van der Waals surface area contributed by atoms with Crippen LogP contribution in [0.2, 0.25) is 0 Å². The summed E-state index contributed by atoms with van der Waals surface area (Å²) in [5.74, 6) is -1.61. The summed E-state index contributed by atoms with van der Waals surface area (Å²) in [6.07, 6.45) is -4.71. The van der Waals surface area contributed by atoms with Crippen LogP contribution in [0.15, 0.2) is 0 Å². The van der Waals surface area contributed by atoms with Crippen LogP contribution in [0.4, 0.5) is 13.2 Å². The van der Waals surface area contributed by atoms with Gasteiger partial charge in [0.2, 0.25) is 0 Å². The molecule has 1 fully saturated rings. The van der Waals surface area contributed by atoms with E-state index in [4.69, 9.17) is 0 Å². The molecule has 0 radical (unpaired) electrons. The summed E-state index contributed by atoms with van der Waals surface area (Å²) in [4.78, 5) is 25.8. The van der Waals surface area contributed by atoms with Crippen molar-refractivity contribution in [3.05, 3.63) is 0 Å². The molecule has 0 aromatic rings. The standard InChI is InChI=1S/C11H18F3N3O2/c1-16(7-3-11(12,13)14)9(18)10(19)17-6-2-4-15-5-8-17/h15H,2-8H2,1H3. The minimum Gasteiger partial charge on any atom is -0.337 e. The number of hydrogen-bond donors (Lipinski definition) is 1. The van der Waals surface area contributed by atoms with Crippen molar-refractivity contribution in [3.63, 3.8) is 0 Å². The Morgan fingerprint density at radius 2 is 1.95 bits per heavy atom. The second kappa shape index (κ2) is 6.74. The highest BCUT2D eigenvalue weighted by atomic mass is 19.4. The van der Waals surface area contributed by atoms with Gasteiger partial charge in [0.1, 0.15) is 0 Å². The first-order valence-electron chi connectivity index (χ1n) is 6.13. The van der Waals surface area contributed by atoms with Crippen LogP contribution >= 0.6 is 0 Å². The van der Waals surface area contributed by atoms with Gasteiger partial charge in [0.15, 0.2) is 0 Å². The molecule has 0 aromatic heterocycles. The predicted octanol–water partition coefficient (Wildman–Crippen LogP) is 0.219. The fourth-order valence-corrected chi connectivity index (χ4v) is 1.74. The summed E-state index contributed by atoms with van der Waals surface area (Å²) in [6.45, 7) is 1.70. The predicted molar refractivity (Wildman–Crippen MR) is 62.4 cm³/mol. The Kier molecular flexibility index (Phi) is 5.59. The molecule has 0 saturated carbocycles. The summed E-state index contributed by atoms with van der Waals surface area (Å²) in [5, 5.41) is 3.08. The van der Waals surface area contributed by atoms with Crippen LogP contribution in [-0.4, -0.2) is 67.6 Å². The SMILES string of the molecule is CN(CCC(F)(F)F)C(=O)C(=O)N1CCCNCC1. The molecule has 5 nitrogen and oxygen atoms in total. The first-order valence-corrected chi connectivity index (χ1v) is 6.13. The maximum atomic E-state index is 12.0. The summed E-state index contributed by atoms with van der Waals surface area (Å²) in [7, 11) is 1.21. The van der Waals surface area contributed by atoms with Gasteiger partial charge in [0.25, 0.3) is 0 Å². The van der Waals surface area contributed by atoms with E-state index in [1.807, 2.05) is 0 Å². The zero-order valence-electron chi connectivity index (χ0n) is 10.8. The number of nitrogens with zero attached hydrogens (tertiary/aromatic N) is 2. The molecule has 1 rings (SSSR count). The number of hydrogen-bond acceptors (Lipinski definition) is 3. The molecule has 0 atom stereocenters. The van der Waals surface area contributed by atoms with Crippen LogP contribution in [-0.2, 0) is 9.59 Å². The van der Waals surface area contributed by atoms with Crippen LogP contribution in [0.25, 0.3) is 0 Å². The summed E-state index contributed by atoms with van der Waals surface area (Å²) in [5.41, 5.74) is 0. The van der Waals surface area contributed by atoms with E-state index in [2.05, 4.69) is 5.32 Å². The maximum absolute atomic E-state index is 12.0. The van der Waals surface area contributed by atoms with Gasteiger partial charge in [-0.2, -0.15) is 13.2 Å². The van der Waals surface area contributed by atoms with E-state index >= 15 is 0 Å². The summed E-state index contributed by atoms with van der Waals surface area (Å²) in [6, 6.07) is 0. The maximum Gasteiger partial charge on any atom is 0.390 e. The molecule has 1 aliphatic rings. The molecule has 0 unspecified atom stereocenters. The molecule has 0 bridgehead atoms. The van der Waals surface area contributed by atoms with E-state index < -0.39 is 31.0 Å². The number of carbonyl (C=O) groups is 2. The molecular weight excluding hydrogens is 263 g/mol. The Morgan fingerprint density at radius 3 is 2.58 bits per heavy atom. The van der Waals surface area contributed by atoms with Crippen molar-refractivity contribution < 1.29 is 22.8 Å². The molecule has 0 aliphatic carbocycles. The van der Waals surface area contributed by atoms with Crippen LogP contribution in [0, 0.1) is 0 Å². The highest BCUT2D eigenvalue weighted by molar-refractivity contribution is 6.34. The molecule has 1 heterocycles. The largest absolute Gasteiger partial charge is 0.390 e. The monoisotopic (exact) mass is 281 g/mol. The number of likely N-dealkylation sites (N-methyl/N-ethyl adjacent to an activating group) is 1. The van der Waals surface area contributed by atoms with Crippen LogP contribution in [0.1, 0.15) is 12.8 Å². The molecule has 110 valence electrons. The lowest BCUT2D eigenvalue weighted by atomic mass is 10.3. The van der Waals surface area contributed by atoms with E-state index in [1.54, 1.807) is 0 Å². The van der Waals surface area contributed by atoms with Crippen molar-refractivity contribution in [2.45, 2.75) is 19.0 Å². The third-order valence-corrected chi connectivity index (χ3v) is 2.89. The van der Waals surface area contributed by atoms with Gasteiger partial charge in [-0.15, -0.1) is 0 Å². The van der Waals surface area contributed by atoms with Crippen molar-refractivity contribution in [2.75, 3.05) is 39.8 Å². The van der Waals surface area contributed by atoms with E-state index in [9.17, 15) is 22.8 Å². The molecule has 1 saturated heterocycles. The Labute approximate surface area is 109 Å². The fraction of sp³-hybridized carbons (Fsp3) is 0.818. The third-order valence-electron chi connectivity index (χ3n) is 2.89. The third kappa shape index (κ3) is 5.46. The lowest BCUT2D eigenvalue weighted by molar-refractivity contribution is -0.155. The van der Waals surface area contributed by atoms with Crippen LogP contribution in [0.3, 0.4) is 0 Å². The second-order valence-corrected chi connectivity index (χ2v) is 4.49. The zero-order chi connectivity index (χ0) is 14.5. The van der Waals surface area contributed by atoms with Gasteiger partial charge in [-0.1, -0.05) is 0 Å². The number of amides is 2. The highest BCUT2D eigenvalue weighted by Crippen LogP contribution is 2.19. The van der Waals surface area contributed by atoms with E-state index in [-0.39, 0.29) is 0 Å². The number of rotatable bonds is 2. The van der Waals surface area contributed by atoms with Gasteiger partial charge in [-0.25, -0.2) is 0 Å². The smallest absolute Gasteiger partial charge is 0.337 e. The number of halogens is 3. The zero-order valence-corrected chi connectivity index (χ0v) is 10.8. The number of carbonyl (C=O) groups excluding carboxylic acids is 2. The van der Waals surface area contributed by atoms with Crippen molar-refractivity contribution in [2.24, 2.45) is 0 Å². The molecule has 8 heteroatoms. The Balaban J connectivity index is 2.48. The van der Waals surface area contributed by atoms with Crippen molar-refractivity contribution in [3.8, 4) is 0 Å². The van der Waals surface area contributed by atoms with Crippen molar-refractivity contribution in [1.29, 1.82) is 0 Å². The first-order chi connectivity index (χ1) is 8.81. The van der Waals surface area contributed by atoms with Gasteiger partial charge < -0.3 is 15.1 Å². The number of nitrogens with one attached hydrogen (secondary N) is 1. The lowest BCUT2D eigenvalue weighted by Crippen LogP contribution is -2.45. The van der Waals surface area contributed by atoms with Crippen LogP contribution < -0.4 is 5.32 Å². The second-order valence-electron chi connectivity index (χ2n) is 4.49. The molecule has 19 heavy (non-hydrogen) atoms. The highest BCUT2D eigenvalue weighted by Gasteiger charge is 2.30. The van der Waals surface area contributed by atoms with Gasteiger partial charge >= 0.3 is 18.0 Å². The van der Waals surface area contributed by atoms with Crippen molar-refractivity contribution >= 4 is 11.8 Å². The molecule has 0 aromatic carbocycles. The first kappa shape index (κ1) is 15.7. The molecular formula is C11H18F3N3O2. The quantitative estimate of drug-likeness (QED) is 0.737. The number of alkyl halides is 3. The van der Waals surface area contributed by atoms with Gasteiger partial charge in [-0.05, 0) is 13.0 Å². The molecule has 2 amide bonds. The van der Waals surface area contributed by atoms with Crippen LogP contribution in [0.5, 0.6) is 0 Å². The van der Waals surface area contributed by atoms with E-state index in [0.29, 0.717) is 19.6 Å². The minimum atomic E-state index is -4.33. The van der Waals surface area contributed by atoms with Crippen molar-refractivity contribution in [1.82, 2.24) is 15.1 Å². The Hall–Kier alpha value is -1.31. The Morgan fingerprint density at radius 1 is 1.26 bits per heavy atom. The molecule has 1 N–H and O–H groups in total. The van der Waals surface area contributed by atoms with E-state index in [1.165, 1.54) is 11.9 Å². The van der Waals surface area contributed by atoms with Gasteiger partial charge in [-0.3, -0.25) is 9.59 Å². The molecule has 1 aliphatic heterocycles. The van der Waals surface area contributed by atoms with Gasteiger partial charge in [0, 0.05) is 33.2 Å². The molecule has 0 spiro atoms. The van der Waals surface area contributed by atoms with E-state index in [0.717, 1.165) is 17.9 Å². The minimum absolute atomic E-state index is 0.400. The average molecular weight is 281 g/mol. The fourth-order valence-electron chi connectivity index (χ4n) is 1.74. The normalized spacial score (nSPS) is 16.9. The lowest BCUT2D eigenvalue weighted by Gasteiger charge is -2.23. The topological polar surface area (TPSA) is 52.7 Å². The van der Waals surface area contributed by atoms with Gasteiger partial charge in [0.05, 0.1) is 6.42 Å². The average Bonchev–Trinajstić information content (AvgIpc) is 2.62. The summed E-state index contributed by atoms with van der Waals surface area (Å²) >= 11 is 0.